The zero-order chi connectivity index (χ0) is 20.6. The summed E-state index contributed by atoms with van der Waals surface area (Å²) in [6.45, 7) is 11.4. The van der Waals surface area contributed by atoms with E-state index in [0.717, 1.165) is 70.6 Å². The van der Waals surface area contributed by atoms with E-state index in [1.165, 1.54) is 5.56 Å². The van der Waals surface area contributed by atoms with Gasteiger partial charge in [-0.15, -0.1) is 0 Å². The lowest BCUT2D eigenvalue weighted by Crippen LogP contribution is -2.51. The number of carbonyl (C=O) groups is 1. The molecule has 1 atom stereocenters. The minimum Gasteiger partial charge on any atom is -0.399 e. The second-order valence-electron chi connectivity index (χ2n) is 8.61. The Labute approximate surface area is 176 Å². The molecule has 1 aromatic carbocycles. The Morgan fingerprint density at radius 3 is 2.55 bits per heavy atom. The number of ether oxygens (including phenoxy) is 1. The number of amides is 2. The van der Waals surface area contributed by atoms with Crippen LogP contribution in [0, 0.1) is 5.92 Å². The first-order valence-corrected chi connectivity index (χ1v) is 11.3. The standard InChI is InChI=1S/C23H38N4O2/c1-3-9-27(19(2)16-21-5-4-6-22(24)17-21)18-20-7-10-25(11-8-20)23(28)26-12-14-29-15-13-26/h4-6,17,19-20H,3,7-16,18,24H2,1-2H3. The monoisotopic (exact) mass is 402 g/mol. The molecule has 2 aliphatic rings. The van der Waals surface area contributed by atoms with E-state index in [4.69, 9.17) is 10.5 Å². The van der Waals surface area contributed by atoms with Crippen LogP contribution < -0.4 is 5.73 Å². The summed E-state index contributed by atoms with van der Waals surface area (Å²) in [4.78, 5) is 19.3. The Morgan fingerprint density at radius 1 is 1.21 bits per heavy atom. The smallest absolute Gasteiger partial charge is 0.320 e. The van der Waals surface area contributed by atoms with Crippen molar-refractivity contribution in [2.45, 2.75) is 45.6 Å². The number of carbonyl (C=O) groups excluding carboxylic acids is 1. The molecule has 0 radical (unpaired) electrons. The van der Waals surface area contributed by atoms with Crippen LogP contribution in [-0.2, 0) is 11.2 Å². The number of urea groups is 1. The molecule has 0 saturated carbocycles. The average molecular weight is 403 g/mol. The fourth-order valence-electron chi connectivity index (χ4n) is 4.56. The summed E-state index contributed by atoms with van der Waals surface area (Å²) in [5.41, 5.74) is 8.11. The van der Waals surface area contributed by atoms with Gasteiger partial charge in [-0.05, 0) is 62.8 Å². The summed E-state index contributed by atoms with van der Waals surface area (Å²) >= 11 is 0. The van der Waals surface area contributed by atoms with Crippen molar-refractivity contribution >= 4 is 11.7 Å². The normalized spacial score (nSPS) is 19.6. The Bertz CT molecular complexity index is 640. The summed E-state index contributed by atoms with van der Waals surface area (Å²) in [7, 11) is 0. The number of anilines is 1. The highest BCUT2D eigenvalue weighted by atomic mass is 16.5. The SMILES string of the molecule is CCCN(CC1CCN(C(=O)N2CCOCC2)CC1)C(C)Cc1cccc(N)c1. The molecular formula is C23H38N4O2. The van der Waals surface area contributed by atoms with Gasteiger partial charge in [0.2, 0.25) is 0 Å². The third kappa shape index (κ3) is 6.34. The number of nitrogen functional groups attached to an aromatic ring is 1. The van der Waals surface area contributed by atoms with Crippen LogP contribution in [0.25, 0.3) is 0 Å². The van der Waals surface area contributed by atoms with E-state index in [0.29, 0.717) is 25.2 Å². The van der Waals surface area contributed by atoms with E-state index in [1.807, 2.05) is 21.9 Å². The summed E-state index contributed by atoms with van der Waals surface area (Å²) in [5.74, 6) is 0.665. The van der Waals surface area contributed by atoms with Crippen LogP contribution in [-0.4, -0.2) is 79.3 Å². The summed E-state index contributed by atoms with van der Waals surface area (Å²) in [6.07, 6.45) is 4.39. The predicted octanol–water partition coefficient (Wildman–Crippen LogP) is 3.08. The molecule has 2 fully saturated rings. The van der Waals surface area contributed by atoms with Gasteiger partial charge < -0.3 is 25.2 Å². The van der Waals surface area contributed by atoms with Crippen LogP contribution in [0.5, 0.6) is 0 Å². The van der Waals surface area contributed by atoms with Crippen LogP contribution in [0.3, 0.4) is 0 Å². The van der Waals surface area contributed by atoms with Gasteiger partial charge in [-0.25, -0.2) is 4.79 Å². The number of nitrogens with two attached hydrogens (primary N) is 1. The Hall–Kier alpha value is -1.79. The zero-order valence-corrected chi connectivity index (χ0v) is 18.2. The van der Waals surface area contributed by atoms with Crippen LogP contribution >= 0.6 is 0 Å². The third-order valence-electron chi connectivity index (χ3n) is 6.28. The van der Waals surface area contributed by atoms with Crippen molar-refractivity contribution in [3.05, 3.63) is 29.8 Å². The summed E-state index contributed by atoms with van der Waals surface area (Å²) < 4.78 is 5.37. The van der Waals surface area contributed by atoms with Crippen molar-refractivity contribution in [1.82, 2.24) is 14.7 Å². The largest absolute Gasteiger partial charge is 0.399 e. The molecule has 0 bridgehead atoms. The number of likely N-dealkylation sites (tertiary alicyclic amines) is 1. The van der Waals surface area contributed by atoms with Crippen molar-refractivity contribution in [2.24, 2.45) is 5.92 Å². The van der Waals surface area contributed by atoms with Gasteiger partial charge in [0, 0.05) is 44.5 Å². The summed E-state index contributed by atoms with van der Waals surface area (Å²) in [5, 5.41) is 0. The van der Waals surface area contributed by atoms with Crippen molar-refractivity contribution in [3.8, 4) is 0 Å². The number of hydrogen-bond acceptors (Lipinski definition) is 4. The molecule has 0 spiro atoms. The van der Waals surface area contributed by atoms with Gasteiger partial charge in [0.25, 0.3) is 0 Å². The lowest BCUT2D eigenvalue weighted by Gasteiger charge is -2.39. The van der Waals surface area contributed by atoms with Gasteiger partial charge in [0.05, 0.1) is 13.2 Å². The number of hydrogen-bond donors (Lipinski definition) is 1. The van der Waals surface area contributed by atoms with Crippen LogP contribution in [0.4, 0.5) is 10.5 Å². The molecule has 2 amide bonds. The molecule has 2 heterocycles. The first-order valence-electron chi connectivity index (χ1n) is 11.3. The van der Waals surface area contributed by atoms with Gasteiger partial charge in [-0.1, -0.05) is 19.1 Å². The van der Waals surface area contributed by atoms with Crippen molar-refractivity contribution < 1.29 is 9.53 Å². The molecular weight excluding hydrogens is 364 g/mol. The van der Waals surface area contributed by atoms with Gasteiger partial charge in [0.15, 0.2) is 0 Å². The minimum absolute atomic E-state index is 0.201. The maximum atomic E-state index is 12.7. The first kappa shape index (κ1) is 21.9. The molecule has 2 N–H and O–H groups in total. The van der Waals surface area contributed by atoms with E-state index in [9.17, 15) is 4.79 Å². The minimum atomic E-state index is 0.201. The van der Waals surface area contributed by atoms with E-state index >= 15 is 0 Å². The van der Waals surface area contributed by atoms with Gasteiger partial charge in [0.1, 0.15) is 0 Å². The Kier molecular flexibility index (Phi) is 8.19. The van der Waals surface area contributed by atoms with Gasteiger partial charge in [-0.3, -0.25) is 0 Å². The Balaban J connectivity index is 1.49. The van der Waals surface area contributed by atoms with Crippen molar-refractivity contribution in [3.63, 3.8) is 0 Å². The highest BCUT2D eigenvalue weighted by Gasteiger charge is 2.28. The lowest BCUT2D eigenvalue weighted by molar-refractivity contribution is 0.0386. The number of benzene rings is 1. The van der Waals surface area contributed by atoms with Crippen molar-refractivity contribution in [2.75, 3.05) is 58.2 Å². The van der Waals surface area contributed by atoms with Crippen LogP contribution in [0.2, 0.25) is 0 Å². The van der Waals surface area contributed by atoms with Crippen molar-refractivity contribution in [1.29, 1.82) is 0 Å². The predicted molar refractivity (Wildman–Crippen MR) is 118 cm³/mol. The second-order valence-corrected chi connectivity index (χ2v) is 8.61. The molecule has 2 saturated heterocycles. The maximum Gasteiger partial charge on any atom is 0.320 e. The van der Waals surface area contributed by atoms with E-state index in [2.05, 4.69) is 30.9 Å². The second kappa shape index (κ2) is 10.8. The molecule has 6 heteroatoms. The fourth-order valence-corrected chi connectivity index (χ4v) is 4.56. The number of nitrogens with zero attached hydrogens (tertiary/aromatic N) is 3. The topological polar surface area (TPSA) is 62.0 Å². The van der Waals surface area contributed by atoms with E-state index < -0.39 is 0 Å². The maximum absolute atomic E-state index is 12.7. The highest BCUT2D eigenvalue weighted by molar-refractivity contribution is 5.74. The molecule has 0 aliphatic carbocycles. The molecule has 162 valence electrons. The van der Waals surface area contributed by atoms with Gasteiger partial charge >= 0.3 is 6.03 Å². The average Bonchev–Trinajstić information content (AvgIpc) is 2.74. The van der Waals surface area contributed by atoms with E-state index in [-0.39, 0.29) is 6.03 Å². The van der Waals surface area contributed by atoms with Gasteiger partial charge in [-0.2, -0.15) is 0 Å². The lowest BCUT2D eigenvalue weighted by atomic mass is 9.95. The third-order valence-corrected chi connectivity index (χ3v) is 6.28. The Morgan fingerprint density at radius 2 is 1.90 bits per heavy atom. The molecule has 1 unspecified atom stereocenters. The fraction of sp³-hybridized carbons (Fsp3) is 0.696. The number of morpholine rings is 1. The molecule has 1 aromatic rings. The molecule has 29 heavy (non-hydrogen) atoms. The summed E-state index contributed by atoms with van der Waals surface area (Å²) in [6, 6.07) is 8.95. The van der Waals surface area contributed by atoms with Crippen LogP contribution in [0.15, 0.2) is 24.3 Å². The molecule has 6 nitrogen and oxygen atoms in total. The quantitative estimate of drug-likeness (QED) is 0.712. The highest BCUT2D eigenvalue weighted by Crippen LogP contribution is 2.22. The zero-order valence-electron chi connectivity index (χ0n) is 18.2. The van der Waals surface area contributed by atoms with Crippen LogP contribution in [0.1, 0.15) is 38.7 Å². The first-order chi connectivity index (χ1) is 14.1. The molecule has 2 aliphatic heterocycles. The van der Waals surface area contributed by atoms with E-state index in [1.54, 1.807) is 0 Å². The molecule has 3 rings (SSSR count). The number of rotatable bonds is 7. The molecule has 0 aromatic heterocycles. The number of piperidine rings is 1.